The van der Waals surface area contributed by atoms with Crippen molar-refractivity contribution in [3.05, 3.63) is 40.4 Å². The molecule has 0 aliphatic heterocycles. The number of aliphatic hydroxyl groups is 1. The van der Waals surface area contributed by atoms with Gasteiger partial charge in [0.15, 0.2) is 0 Å². The van der Waals surface area contributed by atoms with Crippen LogP contribution in [0.25, 0.3) is 0 Å². The van der Waals surface area contributed by atoms with Crippen molar-refractivity contribution in [1.29, 1.82) is 0 Å². The van der Waals surface area contributed by atoms with Crippen molar-refractivity contribution in [3.8, 4) is 0 Å². The van der Waals surface area contributed by atoms with E-state index in [9.17, 15) is 5.11 Å². The molecule has 1 aromatic rings. The normalized spacial score (nSPS) is 10.2. The van der Waals surface area contributed by atoms with Crippen LogP contribution < -0.4 is 4.90 Å². The highest BCUT2D eigenvalue weighted by atomic mass is 79.9. The molecule has 0 heterocycles. The first-order valence-corrected chi connectivity index (χ1v) is 6.16. The molecule has 0 amide bonds. The fourth-order valence-corrected chi connectivity index (χ4v) is 2.01. The Balaban J connectivity index is 3.06. The number of aliphatic hydroxyl groups excluding tert-OH is 1. The van der Waals surface area contributed by atoms with Crippen molar-refractivity contribution in [3.63, 3.8) is 0 Å². The molecule has 0 atom stereocenters. The van der Waals surface area contributed by atoms with Crippen LogP contribution in [0.1, 0.15) is 19.4 Å². The van der Waals surface area contributed by atoms with Crippen molar-refractivity contribution in [1.82, 2.24) is 0 Å². The van der Waals surface area contributed by atoms with E-state index in [0.29, 0.717) is 0 Å². The summed E-state index contributed by atoms with van der Waals surface area (Å²) in [6, 6.07) is 5.93. The molecule has 0 spiro atoms. The zero-order chi connectivity index (χ0) is 12.1. The molecule has 0 aliphatic rings. The predicted molar refractivity (Wildman–Crippen MR) is 72.8 cm³/mol. The number of rotatable bonds is 5. The van der Waals surface area contributed by atoms with E-state index in [2.05, 4.69) is 34.3 Å². The number of hydrogen-bond acceptors (Lipinski definition) is 2. The monoisotopic (exact) mass is 283 g/mol. The van der Waals surface area contributed by atoms with E-state index in [4.69, 9.17) is 0 Å². The largest absolute Gasteiger partial charge is 0.392 e. The maximum atomic E-state index is 9.32. The third-order valence-corrected chi connectivity index (χ3v) is 2.89. The maximum Gasteiger partial charge on any atom is 0.0702 e. The minimum atomic E-state index is 0.0648. The van der Waals surface area contributed by atoms with E-state index in [1.54, 1.807) is 0 Å². The minimum absolute atomic E-state index is 0.0648. The van der Waals surface area contributed by atoms with Gasteiger partial charge in [0.05, 0.1) is 6.61 Å². The fourth-order valence-electron chi connectivity index (χ4n) is 1.66. The number of likely N-dealkylation sites (N-methyl/N-ethyl adjacent to an activating group) is 1. The molecule has 0 saturated carbocycles. The number of anilines is 1. The van der Waals surface area contributed by atoms with E-state index < -0.39 is 0 Å². The van der Waals surface area contributed by atoms with Gasteiger partial charge in [-0.25, -0.2) is 0 Å². The molecule has 16 heavy (non-hydrogen) atoms. The second-order valence-corrected chi connectivity index (χ2v) is 4.82. The van der Waals surface area contributed by atoms with Gasteiger partial charge in [0, 0.05) is 28.8 Å². The molecule has 0 saturated heterocycles. The summed E-state index contributed by atoms with van der Waals surface area (Å²) in [4.78, 5) is 2.21. The molecule has 0 aliphatic carbocycles. The molecule has 1 N–H and O–H groups in total. The molecule has 0 bridgehead atoms. The average Bonchev–Trinajstić information content (AvgIpc) is 2.25. The SMILES string of the molecule is C=C(C)CN(CC)c1cc(Br)ccc1CO. The first-order valence-electron chi connectivity index (χ1n) is 5.37. The highest BCUT2D eigenvalue weighted by molar-refractivity contribution is 9.10. The Bertz CT molecular complexity index is 376. The molecule has 2 nitrogen and oxygen atoms in total. The quantitative estimate of drug-likeness (QED) is 0.838. The first-order chi connectivity index (χ1) is 7.58. The summed E-state index contributed by atoms with van der Waals surface area (Å²) in [6.45, 7) is 9.83. The highest BCUT2D eigenvalue weighted by Crippen LogP contribution is 2.25. The minimum Gasteiger partial charge on any atom is -0.392 e. The van der Waals surface area contributed by atoms with Crippen LogP contribution in [0.15, 0.2) is 34.8 Å². The summed E-state index contributed by atoms with van der Waals surface area (Å²) < 4.78 is 1.03. The zero-order valence-electron chi connectivity index (χ0n) is 9.83. The number of halogens is 1. The van der Waals surface area contributed by atoms with Crippen LogP contribution in [0.3, 0.4) is 0 Å². The molecule has 1 aromatic carbocycles. The van der Waals surface area contributed by atoms with E-state index in [1.807, 2.05) is 25.1 Å². The van der Waals surface area contributed by atoms with Crippen molar-refractivity contribution in [2.24, 2.45) is 0 Å². The lowest BCUT2D eigenvalue weighted by Crippen LogP contribution is -2.25. The molecular weight excluding hydrogens is 266 g/mol. The van der Waals surface area contributed by atoms with Crippen molar-refractivity contribution >= 4 is 21.6 Å². The Morgan fingerprint density at radius 3 is 2.69 bits per heavy atom. The molecular formula is C13H18BrNO. The summed E-state index contributed by atoms with van der Waals surface area (Å²) >= 11 is 3.46. The summed E-state index contributed by atoms with van der Waals surface area (Å²) in [7, 11) is 0. The van der Waals surface area contributed by atoms with Gasteiger partial charge in [-0.15, -0.1) is 0 Å². The standard InChI is InChI=1S/C13H18BrNO/c1-4-15(8-10(2)3)13-7-12(14)6-5-11(13)9-16/h5-7,16H,2,4,8-9H2,1,3H3. The third kappa shape index (κ3) is 3.35. The van der Waals surface area contributed by atoms with Crippen molar-refractivity contribution in [2.75, 3.05) is 18.0 Å². The van der Waals surface area contributed by atoms with Gasteiger partial charge in [0.25, 0.3) is 0 Å². The van der Waals surface area contributed by atoms with Gasteiger partial charge in [-0.05, 0) is 26.0 Å². The fraction of sp³-hybridized carbons (Fsp3) is 0.385. The van der Waals surface area contributed by atoms with Gasteiger partial charge in [-0.2, -0.15) is 0 Å². The van der Waals surface area contributed by atoms with Crippen LogP contribution in [0.5, 0.6) is 0 Å². The Hall–Kier alpha value is -0.800. The van der Waals surface area contributed by atoms with E-state index in [-0.39, 0.29) is 6.61 Å². The van der Waals surface area contributed by atoms with Crippen LogP contribution in [-0.2, 0) is 6.61 Å². The molecule has 3 heteroatoms. The van der Waals surface area contributed by atoms with E-state index >= 15 is 0 Å². The highest BCUT2D eigenvalue weighted by Gasteiger charge is 2.09. The number of nitrogens with zero attached hydrogens (tertiary/aromatic N) is 1. The Kier molecular flexibility index (Phi) is 5.03. The van der Waals surface area contributed by atoms with Gasteiger partial charge < -0.3 is 10.0 Å². The second kappa shape index (κ2) is 6.06. The summed E-state index contributed by atoms with van der Waals surface area (Å²) in [5.74, 6) is 0. The molecule has 88 valence electrons. The molecule has 0 unspecified atom stereocenters. The van der Waals surface area contributed by atoms with Gasteiger partial charge in [0.2, 0.25) is 0 Å². The smallest absolute Gasteiger partial charge is 0.0702 e. The summed E-state index contributed by atoms with van der Waals surface area (Å²) in [5.41, 5.74) is 3.14. The lowest BCUT2D eigenvalue weighted by Gasteiger charge is -2.25. The molecule has 0 radical (unpaired) electrons. The maximum absolute atomic E-state index is 9.32. The van der Waals surface area contributed by atoms with Gasteiger partial charge >= 0.3 is 0 Å². The van der Waals surface area contributed by atoms with Gasteiger partial charge in [-0.1, -0.05) is 34.1 Å². The molecule has 0 aromatic heterocycles. The molecule has 1 rings (SSSR count). The van der Waals surface area contributed by atoms with Crippen LogP contribution in [0.4, 0.5) is 5.69 Å². The lowest BCUT2D eigenvalue weighted by molar-refractivity contribution is 0.282. The third-order valence-electron chi connectivity index (χ3n) is 2.40. The Morgan fingerprint density at radius 2 is 2.19 bits per heavy atom. The summed E-state index contributed by atoms with van der Waals surface area (Å²) in [6.07, 6.45) is 0. The Morgan fingerprint density at radius 1 is 1.50 bits per heavy atom. The van der Waals surface area contributed by atoms with E-state index in [1.165, 1.54) is 0 Å². The van der Waals surface area contributed by atoms with Crippen LogP contribution in [-0.4, -0.2) is 18.2 Å². The van der Waals surface area contributed by atoms with Crippen molar-refractivity contribution < 1.29 is 5.11 Å². The summed E-state index contributed by atoms with van der Waals surface area (Å²) in [5, 5.41) is 9.32. The first kappa shape index (κ1) is 13.3. The molecule has 0 fully saturated rings. The second-order valence-electron chi connectivity index (χ2n) is 3.90. The number of hydrogen-bond donors (Lipinski definition) is 1. The van der Waals surface area contributed by atoms with E-state index in [0.717, 1.165) is 34.4 Å². The van der Waals surface area contributed by atoms with Crippen LogP contribution >= 0.6 is 15.9 Å². The van der Waals surface area contributed by atoms with Gasteiger partial charge in [0.1, 0.15) is 0 Å². The average molecular weight is 284 g/mol. The zero-order valence-corrected chi connectivity index (χ0v) is 11.4. The lowest BCUT2D eigenvalue weighted by atomic mass is 10.1. The predicted octanol–water partition coefficient (Wildman–Crippen LogP) is 3.34. The van der Waals surface area contributed by atoms with Crippen LogP contribution in [0, 0.1) is 0 Å². The van der Waals surface area contributed by atoms with Crippen LogP contribution in [0.2, 0.25) is 0 Å². The van der Waals surface area contributed by atoms with Crippen molar-refractivity contribution in [2.45, 2.75) is 20.5 Å². The Labute approximate surface area is 106 Å². The van der Waals surface area contributed by atoms with Gasteiger partial charge in [-0.3, -0.25) is 0 Å². The topological polar surface area (TPSA) is 23.5 Å². The number of benzene rings is 1.